The van der Waals surface area contributed by atoms with Gasteiger partial charge in [-0.15, -0.1) is 0 Å². The fourth-order valence-corrected chi connectivity index (χ4v) is 5.35. The molecule has 3 rings (SSSR count). The van der Waals surface area contributed by atoms with Gasteiger partial charge in [0.2, 0.25) is 5.91 Å². The fourth-order valence-electron chi connectivity index (χ4n) is 3.34. The minimum Gasteiger partial charge on any atom is -0.336 e. The van der Waals surface area contributed by atoms with Crippen molar-refractivity contribution in [2.75, 3.05) is 24.6 Å². The second-order valence-electron chi connectivity index (χ2n) is 5.76. The largest absolute Gasteiger partial charge is 0.336 e. The monoisotopic (exact) mass is 309 g/mol. The smallest absolute Gasteiger partial charge is 0.219 e. The Morgan fingerprint density at radius 1 is 1.33 bits per heavy atom. The first-order valence-electron chi connectivity index (χ1n) is 7.07. The summed E-state index contributed by atoms with van der Waals surface area (Å²) in [6.45, 7) is 3.48. The van der Waals surface area contributed by atoms with Gasteiger partial charge in [0, 0.05) is 45.0 Å². The maximum absolute atomic E-state index is 12.0. The number of sulfone groups is 1. The van der Waals surface area contributed by atoms with Crippen LogP contribution in [0.2, 0.25) is 0 Å². The maximum atomic E-state index is 12.0. The highest BCUT2D eigenvalue weighted by atomic mass is 32.2. The molecule has 0 aromatic carbocycles. The zero-order valence-electron chi connectivity index (χ0n) is 12.0. The second kappa shape index (κ2) is 5.38. The molecule has 0 unspecified atom stereocenters. The Morgan fingerprint density at radius 3 is 2.76 bits per heavy atom. The molecule has 7 heteroatoms. The van der Waals surface area contributed by atoms with Crippen LogP contribution in [0.15, 0.2) is 24.5 Å². The number of hydrogen-bond donors (Lipinski definition) is 0. The Bertz CT molecular complexity index is 632. The van der Waals surface area contributed by atoms with Gasteiger partial charge >= 0.3 is 0 Å². The van der Waals surface area contributed by atoms with Crippen LogP contribution in [0.3, 0.4) is 0 Å². The molecule has 0 aliphatic carbocycles. The van der Waals surface area contributed by atoms with E-state index in [0.717, 1.165) is 5.56 Å². The second-order valence-corrected chi connectivity index (χ2v) is 7.91. The van der Waals surface area contributed by atoms with Crippen molar-refractivity contribution < 1.29 is 13.2 Å². The summed E-state index contributed by atoms with van der Waals surface area (Å²) in [7, 11) is -3.07. The molecule has 2 aliphatic heterocycles. The van der Waals surface area contributed by atoms with Crippen molar-refractivity contribution in [1.82, 2.24) is 14.8 Å². The standard InChI is InChI=1S/C14H19N3O3S/c1-11(18)17-6-5-16(8-12-3-2-4-15-7-12)13-9-21(19,20)10-14(13)17/h2-4,7,13-14H,5-6,8-10H2,1H3/t13-,14+/m0/s1. The number of nitrogens with zero attached hydrogens (tertiary/aromatic N) is 3. The number of amides is 1. The molecule has 0 bridgehead atoms. The minimum absolute atomic E-state index is 0.0388. The average molecular weight is 309 g/mol. The van der Waals surface area contributed by atoms with E-state index in [-0.39, 0.29) is 29.5 Å². The normalized spacial score (nSPS) is 28.3. The van der Waals surface area contributed by atoms with Gasteiger partial charge in [-0.2, -0.15) is 0 Å². The molecule has 2 saturated heterocycles. The van der Waals surface area contributed by atoms with Crippen LogP contribution in [-0.4, -0.2) is 65.8 Å². The molecule has 2 fully saturated rings. The molecule has 0 saturated carbocycles. The van der Waals surface area contributed by atoms with Gasteiger partial charge in [-0.25, -0.2) is 8.42 Å². The van der Waals surface area contributed by atoms with Crippen molar-refractivity contribution in [3.63, 3.8) is 0 Å². The molecule has 0 radical (unpaired) electrons. The molecule has 1 amide bonds. The molecule has 2 aliphatic rings. The number of fused-ring (bicyclic) bond motifs is 1. The predicted octanol–water partition coefficient (Wildman–Crippen LogP) is -0.0887. The summed E-state index contributed by atoms with van der Waals surface area (Å²) in [5.41, 5.74) is 1.07. The summed E-state index contributed by atoms with van der Waals surface area (Å²) in [6, 6.07) is 3.55. The summed E-state index contributed by atoms with van der Waals surface area (Å²) in [5, 5.41) is 0. The number of carbonyl (C=O) groups excluding carboxylic acids is 1. The van der Waals surface area contributed by atoms with Crippen molar-refractivity contribution in [3.8, 4) is 0 Å². The predicted molar refractivity (Wildman–Crippen MR) is 78.3 cm³/mol. The van der Waals surface area contributed by atoms with E-state index in [4.69, 9.17) is 0 Å². The first-order chi connectivity index (χ1) is 9.96. The fraction of sp³-hybridized carbons (Fsp3) is 0.571. The Kier molecular flexibility index (Phi) is 3.71. The average Bonchev–Trinajstić information content (AvgIpc) is 2.75. The third-order valence-electron chi connectivity index (χ3n) is 4.30. The highest BCUT2D eigenvalue weighted by Crippen LogP contribution is 2.28. The summed E-state index contributed by atoms with van der Waals surface area (Å²) in [5.74, 6) is 0.186. The highest BCUT2D eigenvalue weighted by Gasteiger charge is 2.47. The van der Waals surface area contributed by atoms with Gasteiger partial charge in [0.15, 0.2) is 9.84 Å². The number of rotatable bonds is 2. The van der Waals surface area contributed by atoms with Crippen LogP contribution in [0.1, 0.15) is 12.5 Å². The Hall–Kier alpha value is -1.47. The van der Waals surface area contributed by atoms with E-state index in [0.29, 0.717) is 19.6 Å². The third-order valence-corrected chi connectivity index (χ3v) is 6.00. The zero-order chi connectivity index (χ0) is 15.0. The summed E-state index contributed by atoms with van der Waals surface area (Å²) < 4.78 is 24.0. The van der Waals surface area contributed by atoms with Gasteiger partial charge in [0.25, 0.3) is 0 Å². The first kappa shape index (κ1) is 14.5. The Balaban J connectivity index is 1.83. The third kappa shape index (κ3) is 2.94. The SMILES string of the molecule is CC(=O)N1CCN(Cc2cccnc2)[C@H]2CS(=O)(=O)C[C@H]21. The lowest BCUT2D eigenvalue weighted by atomic mass is 10.0. The highest BCUT2D eigenvalue weighted by molar-refractivity contribution is 7.91. The molecule has 1 aromatic heterocycles. The van der Waals surface area contributed by atoms with Crippen molar-refractivity contribution in [1.29, 1.82) is 0 Å². The summed E-state index contributed by atoms with van der Waals surface area (Å²) in [4.78, 5) is 19.7. The van der Waals surface area contributed by atoms with E-state index >= 15 is 0 Å². The Labute approximate surface area is 124 Å². The van der Waals surface area contributed by atoms with Gasteiger partial charge in [-0.3, -0.25) is 14.7 Å². The van der Waals surface area contributed by atoms with Gasteiger partial charge < -0.3 is 4.90 Å². The van der Waals surface area contributed by atoms with Crippen LogP contribution in [0.25, 0.3) is 0 Å². The van der Waals surface area contributed by atoms with Crippen molar-refractivity contribution in [2.24, 2.45) is 0 Å². The van der Waals surface area contributed by atoms with Crippen LogP contribution in [0.4, 0.5) is 0 Å². The molecule has 21 heavy (non-hydrogen) atoms. The number of aromatic nitrogens is 1. The molecule has 6 nitrogen and oxygen atoms in total. The first-order valence-corrected chi connectivity index (χ1v) is 8.89. The van der Waals surface area contributed by atoms with Gasteiger partial charge in [0.05, 0.1) is 17.5 Å². The molecule has 0 spiro atoms. The lowest BCUT2D eigenvalue weighted by Crippen LogP contribution is -2.59. The van der Waals surface area contributed by atoms with E-state index in [9.17, 15) is 13.2 Å². The molecule has 2 atom stereocenters. The van der Waals surface area contributed by atoms with Crippen molar-refractivity contribution >= 4 is 15.7 Å². The van der Waals surface area contributed by atoms with Gasteiger partial charge in [0.1, 0.15) is 0 Å². The quantitative estimate of drug-likeness (QED) is 0.764. The molecule has 3 heterocycles. The summed E-state index contributed by atoms with van der Waals surface area (Å²) >= 11 is 0. The zero-order valence-corrected chi connectivity index (χ0v) is 12.8. The van der Waals surface area contributed by atoms with Crippen molar-refractivity contribution in [2.45, 2.75) is 25.6 Å². The van der Waals surface area contributed by atoms with E-state index < -0.39 is 9.84 Å². The topological polar surface area (TPSA) is 70.6 Å². The van der Waals surface area contributed by atoms with Gasteiger partial charge in [-0.1, -0.05) is 6.07 Å². The van der Waals surface area contributed by atoms with E-state index in [1.807, 2.05) is 12.1 Å². The van der Waals surface area contributed by atoms with Crippen LogP contribution in [0.5, 0.6) is 0 Å². The molecular weight excluding hydrogens is 290 g/mol. The number of hydrogen-bond acceptors (Lipinski definition) is 5. The van der Waals surface area contributed by atoms with Crippen molar-refractivity contribution in [3.05, 3.63) is 30.1 Å². The van der Waals surface area contributed by atoms with Crippen LogP contribution in [-0.2, 0) is 21.2 Å². The van der Waals surface area contributed by atoms with E-state index in [1.54, 1.807) is 17.3 Å². The van der Waals surface area contributed by atoms with Crippen LogP contribution < -0.4 is 0 Å². The lowest BCUT2D eigenvalue weighted by molar-refractivity contribution is -0.134. The lowest BCUT2D eigenvalue weighted by Gasteiger charge is -2.43. The van der Waals surface area contributed by atoms with E-state index in [2.05, 4.69) is 9.88 Å². The van der Waals surface area contributed by atoms with Crippen LogP contribution >= 0.6 is 0 Å². The number of pyridine rings is 1. The number of carbonyl (C=O) groups is 1. The minimum atomic E-state index is -3.07. The van der Waals surface area contributed by atoms with Gasteiger partial charge in [-0.05, 0) is 11.6 Å². The molecule has 0 N–H and O–H groups in total. The van der Waals surface area contributed by atoms with Crippen LogP contribution in [0, 0.1) is 0 Å². The maximum Gasteiger partial charge on any atom is 0.219 e. The Morgan fingerprint density at radius 2 is 2.10 bits per heavy atom. The molecule has 1 aromatic rings. The van der Waals surface area contributed by atoms with E-state index in [1.165, 1.54) is 6.92 Å². The number of piperazine rings is 1. The molecular formula is C14H19N3O3S. The summed E-state index contributed by atoms with van der Waals surface area (Å²) in [6.07, 6.45) is 3.52. The molecule has 114 valence electrons.